The van der Waals surface area contributed by atoms with Gasteiger partial charge in [-0.1, -0.05) is 6.07 Å². The average molecular weight is 276 g/mol. The lowest BCUT2D eigenvalue weighted by Crippen LogP contribution is -2.41. The lowest BCUT2D eigenvalue weighted by molar-refractivity contribution is -0.130. The van der Waals surface area contributed by atoms with Crippen LogP contribution in [0.2, 0.25) is 0 Å². The third-order valence-corrected chi connectivity index (χ3v) is 3.32. The van der Waals surface area contributed by atoms with Crippen molar-refractivity contribution in [3.8, 4) is 0 Å². The van der Waals surface area contributed by atoms with Crippen LogP contribution in [0.5, 0.6) is 0 Å². The molecule has 1 aliphatic heterocycles. The SMILES string of the molecule is CN(CC(=O)N1CCCC1)C(=O)Nc1cccc(N)c1. The molecule has 3 amide bonds. The topological polar surface area (TPSA) is 78.7 Å². The molecule has 0 aromatic heterocycles. The largest absolute Gasteiger partial charge is 0.399 e. The number of benzene rings is 1. The molecule has 3 N–H and O–H groups in total. The zero-order valence-electron chi connectivity index (χ0n) is 11.6. The molecule has 1 saturated heterocycles. The summed E-state index contributed by atoms with van der Waals surface area (Å²) in [5, 5.41) is 2.71. The second kappa shape index (κ2) is 6.27. The predicted molar refractivity (Wildman–Crippen MR) is 78.3 cm³/mol. The van der Waals surface area contributed by atoms with Gasteiger partial charge in [0.1, 0.15) is 6.54 Å². The number of nitrogen functional groups attached to an aromatic ring is 1. The van der Waals surface area contributed by atoms with Crippen LogP contribution in [0, 0.1) is 0 Å². The van der Waals surface area contributed by atoms with Crippen molar-refractivity contribution in [2.75, 3.05) is 37.7 Å². The number of carbonyl (C=O) groups is 2. The fraction of sp³-hybridized carbons (Fsp3) is 0.429. The Labute approximate surface area is 118 Å². The lowest BCUT2D eigenvalue weighted by Gasteiger charge is -2.21. The van der Waals surface area contributed by atoms with Crippen LogP contribution in [0.4, 0.5) is 16.2 Å². The maximum Gasteiger partial charge on any atom is 0.322 e. The number of nitrogens with zero attached hydrogens (tertiary/aromatic N) is 2. The van der Waals surface area contributed by atoms with Crippen molar-refractivity contribution in [3.63, 3.8) is 0 Å². The second-order valence-electron chi connectivity index (χ2n) is 5.00. The number of likely N-dealkylation sites (N-methyl/N-ethyl adjacent to an activating group) is 1. The van der Waals surface area contributed by atoms with Gasteiger partial charge in [0, 0.05) is 31.5 Å². The third-order valence-electron chi connectivity index (χ3n) is 3.32. The van der Waals surface area contributed by atoms with Crippen molar-refractivity contribution in [1.82, 2.24) is 9.80 Å². The van der Waals surface area contributed by atoms with Gasteiger partial charge in [0.05, 0.1) is 0 Å². The Morgan fingerprint density at radius 3 is 2.70 bits per heavy atom. The molecule has 0 spiro atoms. The highest BCUT2D eigenvalue weighted by atomic mass is 16.2. The fourth-order valence-electron chi connectivity index (χ4n) is 2.18. The molecule has 0 radical (unpaired) electrons. The molecule has 1 aromatic carbocycles. The summed E-state index contributed by atoms with van der Waals surface area (Å²) < 4.78 is 0. The van der Waals surface area contributed by atoms with Crippen LogP contribution in [0.15, 0.2) is 24.3 Å². The Bertz CT molecular complexity index is 498. The molecule has 0 atom stereocenters. The number of urea groups is 1. The number of amides is 3. The number of nitrogens with two attached hydrogens (primary N) is 1. The van der Waals surface area contributed by atoms with Gasteiger partial charge in [0.2, 0.25) is 5.91 Å². The molecule has 20 heavy (non-hydrogen) atoms. The van der Waals surface area contributed by atoms with E-state index in [9.17, 15) is 9.59 Å². The minimum Gasteiger partial charge on any atom is -0.399 e. The van der Waals surface area contributed by atoms with E-state index >= 15 is 0 Å². The van der Waals surface area contributed by atoms with Gasteiger partial charge in [-0.3, -0.25) is 4.79 Å². The smallest absolute Gasteiger partial charge is 0.322 e. The van der Waals surface area contributed by atoms with E-state index in [2.05, 4.69) is 5.32 Å². The van der Waals surface area contributed by atoms with Gasteiger partial charge in [-0.25, -0.2) is 4.79 Å². The van der Waals surface area contributed by atoms with E-state index < -0.39 is 0 Å². The highest BCUT2D eigenvalue weighted by molar-refractivity contribution is 5.92. The number of hydrogen-bond donors (Lipinski definition) is 2. The monoisotopic (exact) mass is 276 g/mol. The van der Waals surface area contributed by atoms with Crippen molar-refractivity contribution in [2.45, 2.75) is 12.8 Å². The molecule has 0 aliphatic carbocycles. The molecule has 1 fully saturated rings. The van der Waals surface area contributed by atoms with Gasteiger partial charge < -0.3 is 20.9 Å². The van der Waals surface area contributed by atoms with Crippen molar-refractivity contribution in [2.24, 2.45) is 0 Å². The van der Waals surface area contributed by atoms with Crippen LogP contribution in [0.1, 0.15) is 12.8 Å². The highest BCUT2D eigenvalue weighted by Gasteiger charge is 2.21. The summed E-state index contributed by atoms with van der Waals surface area (Å²) in [6, 6.07) is 6.62. The zero-order valence-corrected chi connectivity index (χ0v) is 11.6. The van der Waals surface area contributed by atoms with Crippen molar-refractivity contribution in [1.29, 1.82) is 0 Å². The van der Waals surface area contributed by atoms with E-state index in [-0.39, 0.29) is 18.5 Å². The molecule has 6 nitrogen and oxygen atoms in total. The van der Waals surface area contributed by atoms with Crippen LogP contribution >= 0.6 is 0 Å². The van der Waals surface area contributed by atoms with Crippen LogP contribution in [0.25, 0.3) is 0 Å². The molecule has 6 heteroatoms. The first-order chi connectivity index (χ1) is 9.56. The maximum absolute atomic E-state index is 12.0. The number of rotatable bonds is 3. The van der Waals surface area contributed by atoms with Crippen LogP contribution in [0.3, 0.4) is 0 Å². The van der Waals surface area contributed by atoms with E-state index in [4.69, 9.17) is 5.73 Å². The molecule has 1 heterocycles. The van der Waals surface area contributed by atoms with Crippen LogP contribution < -0.4 is 11.1 Å². The molecule has 0 saturated carbocycles. The molecule has 2 rings (SSSR count). The molecule has 108 valence electrons. The summed E-state index contributed by atoms with van der Waals surface area (Å²) in [6.07, 6.45) is 2.09. The van der Waals surface area contributed by atoms with Gasteiger partial charge in [-0.2, -0.15) is 0 Å². The number of likely N-dealkylation sites (tertiary alicyclic amines) is 1. The number of hydrogen-bond acceptors (Lipinski definition) is 3. The van der Waals surface area contributed by atoms with E-state index in [1.807, 2.05) is 0 Å². The van der Waals surface area contributed by atoms with E-state index in [1.165, 1.54) is 4.90 Å². The number of carbonyl (C=O) groups excluding carboxylic acids is 2. The van der Waals surface area contributed by atoms with Gasteiger partial charge in [0.25, 0.3) is 0 Å². The van der Waals surface area contributed by atoms with Crippen LogP contribution in [-0.2, 0) is 4.79 Å². The molecule has 1 aliphatic rings. The first-order valence-electron chi connectivity index (χ1n) is 6.71. The lowest BCUT2D eigenvalue weighted by atomic mass is 10.3. The Hall–Kier alpha value is -2.24. The summed E-state index contributed by atoms with van der Waals surface area (Å²) in [5.74, 6) is -0.00674. The number of anilines is 2. The molecular formula is C14H20N4O2. The van der Waals surface area contributed by atoms with Crippen LogP contribution in [-0.4, -0.2) is 48.4 Å². The Morgan fingerprint density at radius 1 is 1.35 bits per heavy atom. The Morgan fingerprint density at radius 2 is 2.05 bits per heavy atom. The van der Waals surface area contributed by atoms with Crippen molar-refractivity contribution < 1.29 is 9.59 Å². The summed E-state index contributed by atoms with van der Waals surface area (Å²) in [4.78, 5) is 27.1. The normalized spacial score (nSPS) is 14.2. The quantitative estimate of drug-likeness (QED) is 0.818. The van der Waals surface area contributed by atoms with Gasteiger partial charge in [-0.05, 0) is 31.0 Å². The number of nitrogens with one attached hydrogen (secondary N) is 1. The average Bonchev–Trinajstić information content (AvgIpc) is 2.92. The summed E-state index contributed by atoms with van der Waals surface area (Å²) in [6.45, 7) is 1.68. The highest BCUT2D eigenvalue weighted by Crippen LogP contribution is 2.12. The summed E-state index contributed by atoms with van der Waals surface area (Å²) in [7, 11) is 1.61. The predicted octanol–water partition coefficient (Wildman–Crippen LogP) is 1.35. The summed E-state index contributed by atoms with van der Waals surface area (Å²) >= 11 is 0. The Balaban J connectivity index is 1.86. The van der Waals surface area contributed by atoms with Gasteiger partial charge in [-0.15, -0.1) is 0 Å². The minimum atomic E-state index is -0.317. The molecular weight excluding hydrogens is 256 g/mol. The van der Waals surface area contributed by atoms with E-state index in [0.717, 1.165) is 25.9 Å². The van der Waals surface area contributed by atoms with E-state index in [1.54, 1.807) is 36.2 Å². The first-order valence-corrected chi connectivity index (χ1v) is 6.71. The van der Waals surface area contributed by atoms with Gasteiger partial charge in [0.15, 0.2) is 0 Å². The molecule has 0 bridgehead atoms. The van der Waals surface area contributed by atoms with Gasteiger partial charge >= 0.3 is 6.03 Å². The van der Waals surface area contributed by atoms with E-state index in [0.29, 0.717) is 11.4 Å². The molecule has 0 unspecified atom stereocenters. The zero-order chi connectivity index (χ0) is 14.5. The Kier molecular flexibility index (Phi) is 4.45. The standard InChI is InChI=1S/C14H20N4O2/c1-17(10-13(19)18-7-2-3-8-18)14(20)16-12-6-4-5-11(15)9-12/h4-6,9H,2-3,7-8,10,15H2,1H3,(H,16,20). The molecule has 1 aromatic rings. The third kappa shape index (κ3) is 3.63. The summed E-state index contributed by atoms with van der Waals surface area (Å²) in [5.41, 5.74) is 6.85. The fourth-order valence-corrected chi connectivity index (χ4v) is 2.18. The first kappa shape index (κ1) is 14.2. The maximum atomic E-state index is 12.0. The van der Waals surface area contributed by atoms with Crippen molar-refractivity contribution >= 4 is 23.3 Å². The minimum absolute atomic E-state index is 0.00674. The van der Waals surface area contributed by atoms with Crippen molar-refractivity contribution in [3.05, 3.63) is 24.3 Å². The second-order valence-corrected chi connectivity index (χ2v) is 5.00.